The molecular formula is C20H32O6. The van der Waals surface area contributed by atoms with Crippen LogP contribution in [0.5, 0.6) is 0 Å². The quantitative estimate of drug-likeness (QED) is 0.278. The minimum Gasteiger partial charge on any atom is -0.481 e. The summed E-state index contributed by atoms with van der Waals surface area (Å²) in [6, 6.07) is 0. The lowest BCUT2D eigenvalue weighted by Gasteiger charge is -2.32. The largest absolute Gasteiger partial charge is 0.481 e. The molecule has 0 radical (unpaired) electrons. The van der Waals surface area contributed by atoms with Crippen LogP contribution in [0.4, 0.5) is 0 Å². The molecule has 0 spiro atoms. The summed E-state index contributed by atoms with van der Waals surface area (Å²) in [5.41, 5.74) is 0. The number of hydrogen-bond donors (Lipinski definition) is 3. The van der Waals surface area contributed by atoms with E-state index >= 15 is 0 Å². The van der Waals surface area contributed by atoms with E-state index in [-0.39, 0.29) is 18.8 Å². The van der Waals surface area contributed by atoms with Crippen molar-refractivity contribution < 1.29 is 29.6 Å². The van der Waals surface area contributed by atoms with Gasteiger partial charge in [-0.05, 0) is 31.8 Å². The van der Waals surface area contributed by atoms with Crippen molar-refractivity contribution in [3.8, 4) is 0 Å². The van der Waals surface area contributed by atoms with E-state index in [9.17, 15) is 19.8 Å². The molecule has 0 bridgehead atoms. The summed E-state index contributed by atoms with van der Waals surface area (Å²) < 4.78 is 5.35. The van der Waals surface area contributed by atoms with Crippen LogP contribution in [0.2, 0.25) is 0 Å². The average molecular weight is 368 g/mol. The van der Waals surface area contributed by atoms with Crippen LogP contribution < -0.4 is 0 Å². The van der Waals surface area contributed by atoms with E-state index in [1.54, 1.807) is 12.2 Å². The number of carboxylic acids is 1. The number of aliphatic hydroxyl groups excluding tert-OH is 2. The summed E-state index contributed by atoms with van der Waals surface area (Å²) in [4.78, 5) is 22.1. The van der Waals surface area contributed by atoms with Crippen LogP contribution in [0, 0.1) is 5.92 Å². The van der Waals surface area contributed by atoms with E-state index in [2.05, 4.69) is 6.92 Å². The molecule has 0 aromatic carbocycles. The lowest BCUT2D eigenvalue weighted by Crippen LogP contribution is -2.41. The van der Waals surface area contributed by atoms with Crippen molar-refractivity contribution in [2.75, 3.05) is 0 Å². The Labute approximate surface area is 155 Å². The van der Waals surface area contributed by atoms with Crippen molar-refractivity contribution in [1.82, 2.24) is 0 Å². The number of hydrogen-bond acceptors (Lipinski definition) is 5. The number of esters is 1. The van der Waals surface area contributed by atoms with E-state index < -0.39 is 30.3 Å². The third-order valence-electron chi connectivity index (χ3n) is 4.52. The van der Waals surface area contributed by atoms with Gasteiger partial charge in [-0.3, -0.25) is 9.59 Å². The van der Waals surface area contributed by atoms with Gasteiger partial charge in [0.2, 0.25) is 0 Å². The normalized spacial score (nSPS) is 24.9. The Balaban J connectivity index is 2.54. The van der Waals surface area contributed by atoms with Crippen molar-refractivity contribution in [2.45, 2.75) is 83.0 Å². The molecule has 0 amide bonds. The first kappa shape index (κ1) is 22.4. The lowest BCUT2D eigenvalue weighted by atomic mass is 9.87. The topological polar surface area (TPSA) is 104 Å². The lowest BCUT2D eigenvalue weighted by molar-refractivity contribution is -0.163. The van der Waals surface area contributed by atoms with Crippen LogP contribution in [-0.2, 0) is 14.3 Å². The summed E-state index contributed by atoms with van der Waals surface area (Å²) in [5.74, 6) is -1.51. The fourth-order valence-electron chi connectivity index (χ4n) is 2.98. The van der Waals surface area contributed by atoms with Crippen LogP contribution >= 0.6 is 0 Å². The Morgan fingerprint density at radius 2 is 2.08 bits per heavy atom. The molecule has 1 heterocycles. The fraction of sp³-hybridized carbons (Fsp3) is 0.700. The number of allylic oxidation sites excluding steroid dienone is 2. The maximum atomic E-state index is 11.6. The summed E-state index contributed by atoms with van der Waals surface area (Å²) >= 11 is 0. The number of ether oxygens (including phenoxy) is 1. The number of carbonyl (C=O) groups is 2. The summed E-state index contributed by atoms with van der Waals surface area (Å²) in [7, 11) is 0. The van der Waals surface area contributed by atoms with E-state index in [0.29, 0.717) is 25.7 Å². The van der Waals surface area contributed by atoms with Crippen LogP contribution in [0.3, 0.4) is 0 Å². The molecule has 6 nitrogen and oxygen atoms in total. The SMILES string of the molecule is CCCCC[C@@H](O)/C=C/[C@H]1OC(=O)C[C@H](O)[C@@H]1CC=CCCCC(=O)O. The highest BCUT2D eigenvalue weighted by Gasteiger charge is 2.35. The molecule has 0 saturated carbocycles. The molecule has 0 unspecified atom stereocenters. The third kappa shape index (κ3) is 9.15. The van der Waals surface area contributed by atoms with Gasteiger partial charge in [-0.15, -0.1) is 0 Å². The van der Waals surface area contributed by atoms with Gasteiger partial charge in [-0.25, -0.2) is 0 Å². The number of carbonyl (C=O) groups excluding carboxylic acids is 1. The fourth-order valence-corrected chi connectivity index (χ4v) is 2.98. The van der Waals surface area contributed by atoms with Gasteiger partial charge in [0, 0.05) is 12.3 Å². The summed E-state index contributed by atoms with van der Waals surface area (Å²) in [6.07, 6.45) is 10.8. The van der Waals surface area contributed by atoms with Crippen molar-refractivity contribution in [3.63, 3.8) is 0 Å². The second-order valence-electron chi connectivity index (χ2n) is 6.83. The molecule has 26 heavy (non-hydrogen) atoms. The molecule has 6 heteroatoms. The van der Waals surface area contributed by atoms with Crippen molar-refractivity contribution in [2.24, 2.45) is 5.92 Å². The van der Waals surface area contributed by atoms with Crippen LogP contribution in [0.1, 0.15) is 64.7 Å². The molecule has 0 aliphatic carbocycles. The van der Waals surface area contributed by atoms with Crippen molar-refractivity contribution in [3.05, 3.63) is 24.3 Å². The van der Waals surface area contributed by atoms with Crippen molar-refractivity contribution in [1.29, 1.82) is 0 Å². The Bertz CT molecular complexity index is 485. The van der Waals surface area contributed by atoms with Gasteiger partial charge in [-0.2, -0.15) is 0 Å². The Morgan fingerprint density at radius 1 is 1.31 bits per heavy atom. The second kappa shape index (κ2) is 12.7. The zero-order valence-corrected chi connectivity index (χ0v) is 15.5. The molecule has 148 valence electrons. The van der Waals surface area contributed by atoms with Crippen LogP contribution in [-0.4, -0.2) is 45.6 Å². The predicted octanol–water partition coefficient (Wildman–Crippen LogP) is 2.98. The number of aliphatic hydroxyl groups is 2. The molecule has 1 fully saturated rings. The monoisotopic (exact) mass is 368 g/mol. The summed E-state index contributed by atoms with van der Waals surface area (Å²) in [5, 5.41) is 28.8. The molecule has 1 rings (SSSR count). The molecule has 1 saturated heterocycles. The average Bonchev–Trinajstić information content (AvgIpc) is 2.57. The number of unbranched alkanes of at least 4 members (excludes halogenated alkanes) is 3. The van der Waals surface area contributed by atoms with Crippen LogP contribution in [0.15, 0.2) is 24.3 Å². The minimum absolute atomic E-state index is 0.0269. The molecule has 0 aromatic heterocycles. The summed E-state index contributed by atoms with van der Waals surface area (Å²) in [6.45, 7) is 2.10. The van der Waals surface area contributed by atoms with Gasteiger partial charge in [0.05, 0.1) is 18.6 Å². The zero-order chi connectivity index (χ0) is 19.4. The molecule has 4 atom stereocenters. The predicted molar refractivity (Wildman–Crippen MR) is 98.5 cm³/mol. The molecule has 1 aliphatic heterocycles. The van der Waals surface area contributed by atoms with Gasteiger partial charge < -0.3 is 20.1 Å². The van der Waals surface area contributed by atoms with Gasteiger partial charge in [0.15, 0.2) is 0 Å². The highest BCUT2D eigenvalue weighted by molar-refractivity contribution is 5.71. The molecule has 0 aromatic rings. The Hall–Kier alpha value is -1.66. The molecular weight excluding hydrogens is 336 g/mol. The number of carboxylic acid groups (broad SMARTS) is 1. The van der Waals surface area contributed by atoms with Gasteiger partial charge in [0.1, 0.15) is 6.10 Å². The number of rotatable bonds is 12. The molecule has 1 aliphatic rings. The minimum atomic E-state index is -0.810. The van der Waals surface area contributed by atoms with E-state index in [1.807, 2.05) is 12.2 Å². The maximum absolute atomic E-state index is 11.6. The number of cyclic esters (lactones) is 1. The van der Waals surface area contributed by atoms with Gasteiger partial charge in [-0.1, -0.05) is 44.4 Å². The smallest absolute Gasteiger partial charge is 0.309 e. The van der Waals surface area contributed by atoms with Gasteiger partial charge in [0.25, 0.3) is 0 Å². The Morgan fingerprint density at radius 3 is 2.77 bits per heavy atom. The standard InChI is InChI=1S/C20H32O6/c1-2-3-6-9-15(21)12-13-18-16(17(22)14-20(25)26-18)10-7-4-5-8-11-19(23)24/h4,7,12-13,15-18,21-22H,2-3,5-6,8-11,14H2,1H3,(H,23,24)/b7-4?,13-12+/t15-,16+,17+,18-/m1/s1. The first-order valence-corrected chi connectivity index (χ1v) is 9.54. The van der Waals surface area contributed by atoms with Crippen molar-refractivity contribution >= 4 is 11.9 Å². The highest BCUT2D eigenvalue weighted by Crippen LogP contribution is 2.27. The van der Waals surface area contributed by atoms with E-state index in [4.69, 9.17) is 9.84 Å². The zero-order valence-electron chi connectivity index (χ0n) is 15.5. The van der Waals surface area contributed by atoms with E-state index in [0.717, 1.165) is 19.3 Å². The molecule has 3 N–H and O–H groups in total. The first-order chi connectivity index (χ1) is 12.4. The first-order valence-electron chi connectivity index (χ1n) is 9.54. The van der Waals surface area contributed by atoms with E-state index in [1.165, 1.54) is 0 Å². The van der Waals surface area contributed by atoms with Crippen LogP contribution in [0.25, 0.3) is 0 Å². The number of aliphatic carboxylic acids is 1. The maximum Gasteiger partial charge on any atom is 0.309 e. The Kier molecular flexibility index (Phi) is 10.9. The third-order valence-corrected chi connectivity index (χ3v) is 4.52. The highest BCUT2D eigenvalue weighted by atomic mass is 16.5. The van der Waals surface area contributed by atoms with Gasteiger partial charge >= 0.3 is 11.9 Å². The second-order valence-corrected chi connectivity index (χ2v) is 6.83.